The molecule has 0 fully saturated rings. The standard InChI is InChI=1S/C14H22N2O.ClH/c1-4-16(10-11(2)3)14(17)9-12-5-7-13(15)8-6-12;/h5-8,11H,4,9-10,15H2,1-3H3;1H. The molecule has 3 nitrogen and oxygen atoms in total. The van der Waals surface area contributed by atoms with Gasteiger partial charge in [0.15, 0.2) is 0 Å². The highest BCUT2D eigenvalue weighted by molar-refractivity contribution is 5.85. The predicted octanol–water partition coefficient (Wildman–Crippen LogP) is 2.74. The van der Waals surface area contributed by atoms with Crippen molar-refractivity contribution in [2.75, 3.05) is 18.8 Å². The highest BCUT2D eigenvalue weighted by Crippen LogP contribution is 2.08. The van der Waals surface area contributed by atoms with Gasteiger partial charge in [-0.15, -0.1) is 12.4 Å². The van der Waals surface area contributed by atoms with Crippen molar-refractivity contribution in [3.05, 3.63) is 29.8 Å². The fourth-order valence-corrected chi connectivity index (χ4v) is 1.77. The van der Waals surface area contributed by atoms with Gasteiger partial charge in [-0.25, -0.2) is 0 Å². The van der Waals surface area contributed by atoms with Crippen molar-refractivity contribution in [3.63, 3.8) is 0 Å². The molecule has 2 N–H and O–H groups in total. The number of amides is 1. The van der Waals surface area contributed by atoms with Crippen molar-refractivity contribution in [1.82, 2.24) is 4.90 Å². The lowest BCUT2D eigenvalue weighted by Gasteiger charge is -2.23. The summed E-state index contributed by atoms with van der Waals surface area (Å²) in [5, 5.41) is 0. The van der Waals surface area contributed by atoms with Gasteiger partial charge in [-0.05, 0) is 30.5 Å². The second kappa shape index (κ2) is 7.98. The van der Waals surface area contributed by atoms with Crippen molar-refractivity contribution in [2.45, 2.75) is 27.2 Å². The van der Waals surface area contributed by atoms with E-state index in [4.69, 9.17) is 5.73 Å². The molecular formula is C14H23ClN2O. The molecule has 0 atom stereocenters. The average Bonchev–Trinajstić information content (AvgIpc) is 2.28. The highest BCUT2D eigenvalue weighted by atomic mass is 35.5. The summed E-state index contributed by atoms with van der Waals surface area (Å²) in [5.41, 5.74) is 7.37. The van der Waals surface area contributed by atoms with Gasteiger partial charge in [0.05, 0.1) is 6.42 Å². The zero-order valence-corrected chi connectivity index (χ0v) is 12.2. The fourth-order valence-electron chi connectivity index (χ4n) is 1.77. The summed E-state index contributed by atoms with van der Waals surface area (Å²) in [5.74, 6) is 0.691. The summed E-state index contributed by atoms with van der Waals surface area (Å²) in [6.07, 6.45) is 0.459. The number of carbonyl (C=O) groups is 1. The average molecular weight is 271 g/mol. The Morgan fingerprint density at radius 1 is 1.28 bits per heavy atom. The van der Waals surface area contributed by atoms with E-state index in [0.717, 1.165) is 24.3 Å². The van der Waals surface area contributed by atoms with Crippen LogP contribution in [0.25, 0.3) is 0 Å². The quantitative estimate of drug-likeness (QED) is 0.837. The zero-order chi connectivity index (χ0) is 12.8. The summed E-state index contributed by atoms with van der Waals surface area (Å²) in [6.45, 7) is 7.86. The number of anilines is 1. The van der Waals surface area contributed by atoms with Gasteiger partial charge in [0, 0.05) is 18.8 Å². The third kappa shape index (κ3) is 5.41. The Bertz CT molecular complexity index is 363. The largest absolute Gasteiger partial charge is 0.399 e. The van der Waals surface area contributed by atoms with Crippen molar-refractivity contribution < 1.29 is 4.79 Å². The summed E-state index contributed by atoms with van der Waals surface area (Å²) in [7, 11) is 0. The van der Waals surface area contributed by atoms with Gasteiger partial charge in [0.2, 0.25) is 5.91 Å². The third-order valence-corrected chi connectivity index (χ3v) is 2.66. The van der Waals surface area contributed by atoms with E-state index >= 15 is 0 Å². The van der Waals surface area contributed by atoms with Gasteiger partial charge in [0.25, 0.3) is 0 Å². The molecule has 1 aromatic rings. The number of nitrogens with zero attached hydrogens (tertiary/aromatic N) is 1. The minimum absolute atomic E-state index is 0. The van der Waals surface area contributed by atoms with Crippen molar-refractivity contribution in [1.29, 1.82) is 0 Å². The Labute approximate surface area is 116 Å². The van der Waals surface area contributed by atoms with Crippen LogP contribution in [-0.4, -0.2) is 23.9 Å². The van der Waals surface area contributed by atoms with E-state index in [1.54, 1.807) is 0 Å². The number of carbonyl (C=O) groups excluding carboxylic acids is 1. The third-order valence-electron chi connectivity index (χ3n) is 2.66. The molecule has 0 spiro atoms. The van der Waals surface area contributed by atoms with E-state index in [1.807, 2.05) is 36.1 Å². The number of nitrogen functional groups attached to an aromatic ring is 1. The molecule has 0 radical (unpaired) electrons. The van der Waals surface area contributed by atoms with Gasteiger partial charge in [-0.2, -0.15) is 0 Å². The Balaban J connectivity index is 0.00000289. The lowest BCUT2D eigenvalue weighted by Crippen LogP contribution is -2.35. The summed E-state index contributed by atoms with van der Waals surface area (Å²) in [6, 6.07) is 7.50. The first-order valence-corrected chi connectivity index (χ1v) is 6.15. The monoisotopic (exact) mass is 270 g/mol. The molecule has 0 heterocycles. The van der Waals surface area contributed by atoms with Crippen LogP contribution in [0.3, 0.4) is 0 Å². The fraction of sp³-hybridized carbons (Fsp3) is 0.500. The minimum atomic E-state index is 0. The molecule has 0 aliphatic carbocycles. The van der Waals surface area contributed by atoms with Gasteiger partial charge in [-0.1, -0.05) is 26.0 Å². The second-order valence-electron chi connectivity index (χ2n) is 4.74. The summed E-state index contributed by atoms with van der Waals surface area (Å²) < 4.78 is 0. The molecule has 18 heavy (non-hydrogen) atoms. The molecule has 102 valence electrons. The smallest absolute Gasteiger partial charge is 0.226 e. The number of rotatable bonds is 5. The Hall–Kier alpha value is -1.22. The predicted molar refractivity (Wildman–Crippen MR) is 78.9 cm³/mol. The molecule has 0 bridgehead atoms. The molecule has 0 aromatic heterocycles. The zero-order valence-electron chi connectivity index (χ0n) is 11.3. The first-order valence-electron chi connectivity index (χ1n) is 6.15. The van der Waals surface area contributed by atoms with Crippen LogP contribution in [-0.2, 0) is 11.2 Å². The molecule has 1 amide bonds. The van der Waals surface area contributed by atoms with E-state index in [0.29, 0.717) is 12.3 Å². The topological polar surface area (TPSA) is 46.3 Å². The summed E-state index contributed by atoms with van der Waals surface area (Å²) in [4.78, 5) is 14.0. The molecule has 0 unspecified atom stereocenters. The number of benzene rings is 1. The molecule has 0 aliphatic rings. The van der Waals surface area contributed by atoms with Crippen LogP contribution in [0.4, 0.5) is 5.69 Å². The Kier molecular flexibility index (Phi) is 7.44. The van der Waals surface area contributed by atoms with Crippen LogP contribution in [0.5, 0.6) is 0 Å². The highest BCUT2D eigenvalue weighted by Gasteiger charge is 2.13. The number of halogens is 1. The van der Waals surface area contributed by atoms with Crippen molar-refractivity contribution >= 4 is 24.0 Å². The second-order valence-corrected chi connectivity index (χ2v) is 4.74. The van der Waals surface area contributed by atoms with Crippen molar-refractivity contribution in [3.8, 4) is 0 Å². The molecule has 1 aromatic carbocycles. The van der Waals surface area contributed by atoms with Gasteiger partial charge < -0.3 is 10.6 Å². The lowest BCUT2D eigenvalue weighted by molar-refractivity contribution is -0.130. The molecule has 0 aliphatic heterocycles. The summed E-state index contributed by atoms with van der Waals surface area (Å²) >= 11 is 0. The normalized spacial score (nSPS) is 10.0. The van der Waals surface area contributed by atoms with Crippen molar-refractivity contribution in [2.24, 2.45) is 5.92 Å². The number of nitrogens with two attached hydrogens (primary N) is 1. The Morgan fingerprint density at radius 3 is 2.28 bits per heavy atom. The first-order chi connectivity index (χ1) is 8.02. The Morgan fingerprint density at radius 2 is 1.83 bits per heavy atom. The van der Waals surface area contributed by atoms with E-state index in [1.165, 1.54) is 0 Å². The maximum atomic E-state index is 12.1. The van der Waals surface area contributed by atoms with Gasteiger partial charge in [0.1, 0.15) is 0 Å². The van der Waals surface area contributed by atoms with E-state index < -0.39 is 0 Å². The van der Waals surface area contributed by atoms with Gasteiger partial charge in [-0.3, -0.25) is 4.79 Å². The molecule has 4 heteroatoms. The van der Waals surface area contributed by atoms with Gasteiger partial charge >= 0.3 is 0 Å². The first kappa shape index (κ1) is 16.8. The molecular weight excluding hydrogens is 248 g/mol. The maximum absolute atomic E-state index is 12.1. The minimum Gasteiger partial charge on any atom is -0.399 e. The molecule has 1 rings (SSSR count). The van der Waals surface area contributed by atoms with Crippen LogP contribution in [0.1, 0.15) is 26.3 Å². The lowest BCUT2D eigenvalue weighted by atomic mass is 10.1. The van der Waals surface area contributed by atoms with Crippen LogP contribution >= 0.6 is 12.4 Å². The van der Waals surface area contributed by atoms with Crippen LogP contribution < -0.4 is 5.73 Å². The molecule has 0 saturated carbocycles. The van der Waals surface area contributed by atoms with E-state index in [2.05, 4.69) is 13.8 Å². The number of likely N-dealkylation sites (N-methyl/N-ethyl adjacent to an activating group) is 1. The van der Waals surface area contributed by atoms with E-state index in [-0.39, 0.29) is 18.3 Å². The van der Waals surface area contributed by atoms with Crippen LogP contribution in [0.15, 0.2) is 24.3 Å². The maximum Gasteiger partial charge on any atom is 0.226 e. The SMILES string of the molecule is CCN(CC(C)C)C(=O)Cc1ccc(N)cc1.Cl. The van der Waals surface area contributed by atoms with Crippen LogP contribution in [0.2, 0.25) is 0 Å². The number of hydrogen-bond donors (Lipinski definition) is 1. The molecule has 0 saturated heterocycles. The van der Waals surface area contributed by atoms with E-state index in [9.17, 15) is 4.79 Å². The number of hydrogen-bond acceptors (Lipinski definition) is 2. The van der Waals surface area contributed by atoms with Crippen LogP contribution in [0, 0.1) is 5.92 Å².